The zero-order valence-electron chi connectivity index (χ0n) is 10.2. The molecule has 0 aliphatic heterocycles. The van der Waals surface area contributed by atoms with Crippen LogP contribution in [0.1, 0.15) is 12.8 Å². The van der Waals surface area contributed by atoms with E-state index in [2.05, 4.69) is 0 Å². The van der Waals surface area contributed by atoms with Gasteiger partial charge in [0.2, 0.25) is 11.6 Å². The molecule has 18 heavy (non-hydrogen) atoms. The van der Waals surface area contributed by atoms with E-state index in [1.807, 2.05) is 12.5 Å². The number of rotatable bonds is 8. The number of carboxylic acid groups (broad SMARTS) is 2. The first-order valence-corrected chi connectivity index (χ1v) is 7.65. The summed E-state index contributed by atoms with van der Waals surface area (Å²) >= 11 is 2.93. The largest absolute Gasteiger partial charge is 0.476 e. The summed E-state index contributed by atoms with van der Waals surface area (Å²) in [6, 6.07) is 0. The molecule has 0 unspecified atom stereocenters. The predicted octanol–water partition coefficient (Wildman–Crippen LogP) is 0.786. The van der Waals surface area contributed by atoms with Gasteiger partial charge in [-0.05, 0) is 12.5 Å². The molecule has 0 atom stereocenters. The second-order valence-corrected chi connectivity index (χ2v) is 4.91. The predicted molar refractivity (Wildman–Crippen MR) is 71.3 cm³/mol. The molecule has 8 heteroatoms. The number of thioether (sulfide) groups is 2. The van der Waals surface area contributed by atoms with Gasteiger partial charge in [-0.25, -0.2) is 9.59 Å². The Balaban J connectivity index is 0. The van der Waals surface area contributed by atoms with Gasteiger partial charge < -0.3 is 10.2 Å². The van der Waals surface area contributed by atoms with Gasteiger partial charge in [0.25, 0.3) is 0 Å². The number of aliphatic carboxylic acids is 2. The lowest BCUT2D eigenvalue weighted by Gasteiger charge is -1.89. The summed E-state index contributed by atoms with van der Waals surface area (Å²) in [5, 5.41) is 16.1. The molecule has 104 valence electrons. The summed E-state index contributed by atoms with van der Waals surface area (Å²) < 4.78 is 0. The van der Waals surface area contributed by atoms with Crippen molar-refractivity contribution in [1.82, 2.24) is 0 Å². The van der Waals surface area contributed by atoms with E-state index in [4.69, 9.17) is 10.2 Å². The molecular weight excluding hydrogens is 280 g/mol. The molecule has 0 aromatic carbocycles. The molecule has 0 heterocycles. The van der Waals surface area contributed by atoms with Crippen molar-refractivity contribution < 1.29 is 29.4 Å². The number of carboxylic acids is 2. The van der Waals surface area contributed by atoms with E-state index in [9.17, 15) is 19.2 Å². The van der Waals surface area contributed by atoms with Crippen molar-refractivity contribution in [2.45, 2.75) is 12.8 Å². The average Bonchev–Trinajstić information content (AvgIpc) is 2.33. The summed E-state index contributed by atoms with van der Waals surface area (Å²) in [5.74, 6) is -2.89. The van der Waals surface area contributed by atoms with Gasteiger partial charge in [-0.15, -0.1) is 0 Å². The number of ketones is 2. The van der Waals surface area contributed by atoms with Crippen LogP contribution in [-0.2, 0) is 19.2 Å². The van der Waals surface area contributed by atoms with Crippen LogP contribution in [0.5, 0.6) is 0 Å². The molecule has 0 aliphatic rings. The van der Waals surface area contributed by atoms with Crippen molar-refractivity contribution >= 4 is 47.0 Å². The van der Waals surface area contributed by atoms with E-state index in [1.54, 1.807) is 0 Å². The van der Waals surface area contributed by atoms with Crippen LogP contribution in [0.3, 0.4) is 0 Å². The van der Waals surface area contributed by atoms with E-state index in [0.29, 0.717) is 11.5 Å². The van der Waals surface area contributed by atoms with E-state index < -0.39 is 23.5 Å². The van der Waals surface area contributed by atoms with Crippen molar-refractivity contribution in [3.05, 3.63) is 0 Å². The van der Waals surface area contributed by atoms with E-state index in [1.165, 1.54) is 23.5 Å². The average molecular weight is 296 g/mol. The summed E-state index contributed by atoms with van der Waals surface area (Å²) in [7, 11) is 0. The van der Waals surface area contributed by atoms with Crippen LogP contribution >= 0.6 is 23.5 Å². The monoisotopic (exact) mass is 296 g/mol. The smallest absolute Gasteiger partial charge is 0.372 e. The molecule has 0 aliphatic carbocycles. The van der Waals surface area contributed by atoms with E-state index in [-0.39, 0.29) is 12.8 Å². The Kier molecular flexibility index (Phi) is 13.4. The Morgan fingerprint density at radius 2 is 1.06 bits per heavy atom. The summed E-state index contributed by atoms with van der Waals surface area (Å²) in [4.78, 5) is 40.3. The molecule has 0 radical (unpaired) electrons. The van der Waals surface area contributed by atoms with Crippen LogP contribution in [0.4, 0.5) is 0 Å². The molecule has 0 saturated heterocycles. The Labute approximate surface area is 114 Å². The van der Waals surface area contributed by atoms with Gasteiger partial charge in [0, 0.05) is 24.3 Å². The lowest BCUT2D eigenvalue weighted by molar-refractivity contribution is -0.148. The lowest BCUT2D eigenvalue weighted by atomic mass is 10.3. The van der Waals surface area contributed by atoms with Gasteiger partial charge in [-0.1, -0.05) is 0 Å². The Morgan fingerprint density at radius 3 is 1.22 bits per heavy atom. The molecule has 0 saturated carbocycles. The van der Waals surface area contributed by atoms with Crippen molar-refractivity contribution in [2.24, 2.45) is 0 Å². The molecule has 0 fully saturated rings. The molecular formula is C10H16O6S2. The summed E-state index contributed by atoms with van der Waals surface area (Å²) in [6.07, 6.45) is 3.93. The van der Waals surface area contributed by atoms with Crippen LogP contribution in [-0.4, -0.2) is 57.7 Å². The van der Waals surface area contributed by atoms with Gasteiger partial charge in [0.1, 0.15) is 0 Å². The third kappa shape index (κ3) is 13.0. The topological polar surface area (TPSA) is 109 Å². The van der Waals surface area contributed by atoms with Crippen molar-refractivity contribution in [1.29, 1.82) is 0 Å². The highest BCUT2D eigenvalue weighted by Gasteiger charge is 2.09. The Hall–Kier alpha value is -1.02. The van der Waals surface area contributed by atoms with Gasteiger partial charge in [0.15, 0.2) is 0 Å². The first kappa shape index (κ1) is 19.3. The zero-order chi connectivity index (χ0) is 14.6. The molecule has 0 spiro atoms. The molecule has 0 amide bonds. The second kappa shape index (κ2) is 12.4. The molecule has 2 N–H and O–H groups in total. The van der Waals surface area contributed by atoms with Crippen LogP contribution in [0.15, 0.2) is 0 Å². The first-order valence-electron chi connectivity index (χ1n) is 4.86. The lowest BCUT2D eigenvalue weighted by Crippen LogP contribution is -2.12. The summed E-state index contributed by atoms with van der Waals surface area (Å²) in [6.45, 7) is 0. The number of hydrogen-bond acceptors (Lipinski definition) is 6. The number of carbonyl (C=O) groups is 4. The van der Waals surface area contributed by atoms with Gasteiger partial charge in [0.05, 0.1) is 0 Å². The van der Waals surface area contributed by atoms with Crippen LogP contribution in [0, 0.1) is 0 Å². The van der Waals surface area contributed by atoms with Gasteiger partial charge >= 0.3 is 11.9 Å². The Morgan fingerprint density at radius 1 is 0.778 bits per heavy atom. The zero-order valence-corrected chi connectivity index (χ0v) is 11.8. The van der Waals surface area contributed by atoms with Gasteiger partial charge in [-0.3, -0.25) is 9.59 Å². The summed E-state index contributed by atoms with van der Waals surface area (Å²) in [5.41, 5.74) is 0. The van der Waals surface area contributed by atoms with Gasteiger partial charge in [-0.2, -0.15) is 23.5 Å². The quantitative estimate of drug-likeness (QED) is 0.633. The fourth-order valence-electron chi connectivity index (χ4n) is 0.603. The minimum Gasteiger partial charge on any atom is -0.476 e. The molecule has 0 aromatic rings. The maximum absolute atomic E-state index is 10.3. The molecule has 0 aromatic heterocycles. The number of carbonyl (C=O) groups excluding carboxylic acids is 2. The second-order valence-electron chi connectivity index (χ2n) is 2.94. The standard InChI is InChI=1S/2C5H8O3S/c2*1-9-3-2-4(6)5(7)8/h2*2-3H2,1H3,(H,7,8). The minimum atomic E-state index is -1.33. The molecule has 0 bridgehead atoms. The van der Waals surface area contributed by atoms with Crippen LogP contribution < -0.4 is 0 Å². The normalized spacial score (nSPS) is 9.00. The molecule has 6 nitrogen and oxygen atoms in total. The van der Waals surface area contributed by atoms with Crippen molar-refractivity contribution in [3.8, 4) is 0 Å². The number of hydrogen-bond donors (Lipinski definition) is 2. The molecule has 0 rings (SSSR count). The third-order valence-corrected chi connectivity index (χ3v) is 2.77. The van der Waals surface area contributed by atoms with Crippen molar-refractivity contribution in [3.63, 3.8) is 0 Å². The highest BCUT2D eigenvalue weighted by molar-refractivity contribution is 7.98. The first-order chi connectivity index (χ1) is 8.36. The number of Topliss-reactive ketones (excluding diaryl/α,β-unsaturated/α-hetero) is 2. The maximum atomic E-state index is 10.3. The Bertz CT molecular complexity index is 273. The highest BCUT2D eigenvalue weighted by Crippen LogP contribution is 1.96. The van der Waals surface area contributed by atoms with Crippen molar-refractivity contribution in [2.75, 3.05) is 24.0 Å². The van der Waals surface area contributed by atoms with Crippen LogP contribution in [0.25, 0.3) is 0 Å². The maximum Gasteiger partial charge on any atom is 0.372 e. The van der Waals surface area contributed by atoms with E-state index in [0.717, 1.165) is 0 Å². The minimum absolute atomic E-state index is 0.135. The third-order valence-electron chi connectivity index (χ3n) is 1.54. The highest BCUT2D eigenvalue weighted by atomic mass is 32.2. The SMILES string of the molecule is CSCCC(=O)C(=O)O.CSCCC(=O)C(=O)O. The van der Waals surface area contributed by atoms with E-state index >= 15 is 0 Å². The van der Waals surface area contributed by atoms with Crippen LogP contribution in [0.2, 0.25) is 0 Å². The fourth-order valence-corrected chi connectivity index (χ4v) is 1.38. The fraction of sp³-hybridized carbons (Fsp3) is 0.600.